The maximum absolute atomic E-state index is 17.8. The van der Waals surface area contributed by atoms with E-state index in [0.29, 0.717) is 23.0 Å². The standard InChI is InChI=1S/C80H73NO5P2.Mo/c1-9-49-33-25-34-50(10-2)69(49)65-45-57-29-17-21-41-61(57)73-74-62-42-22-18-30-58(62)46-66(70-51(11-3)35-26-36-52(70)12-4)78(74)84-87(83-77(65)73)81-88(82)85-79-67(71-53(13-5)37-27-38-54(71)14-6)47-59-31-19-23-43-63(59)75(79)76-64-44-24-20-32-60(64)48-68(80(76)86-88)72-55(15-7)39-28-40-56(72)16-8;/h17-48,87H,9-16H2,1-8H3;. The molecule has 0 unspecified atom stereocenters. The fraction of sp³-hybridized carbons (Fsp3) is 0.200. The van der Waals surface area contributed by atoms with Crippen molar-refractivity contribution in [2.24, 2.45) is 4.52 Å². The van der Waals surface area contributed by atoms with E-state index in [1.165, 1.54) is 22.3 Å². The molecule has 0 aliphatic carbocycles. The van der Waals surface area contributed by atoms with Gasteiger partial charge in [0.2, 0.25) is 0 Å². The average Bonchev–Trinajstić information content (AvgIpc) is 1.78. The number of fused-ring (bicyclic) bond motifs is 14. The van der Waals surface area contributed by atoms with Crippen LogP contribution >= 0.6 is 15.9 Å². The van der Waals surface area contributed by atoms with Crippen LogP contribution in [0.25, 0.3) is 110 Å². The van der Waals surface area contributed by atoms with E-state index in [0.717, 1.165) is 183 Å². The molecule has 6 nitrogen and oxygen atoms in total. The minimum Gasteiger partial charge on any atom is -0.430 e. The average molecular weight is 1290 g/mol. The van der Waals surface area contributed by atoms with Crippen molar-refractivity contribution in [3.05, 3.63) is 239 Å². The van der Waals surface area contributed by atoms with Gasteiger partial charge in [-0.2, -0.15) is 0 Å². The second-order valence-corrected chi connectivity index (χ2v) is 26.3. The van der Waals surface area contributed by atoms with E-state index in [9.17, 15) is 0 Å². The topological polar surface area (TPSA) is 66.4 Å². The second-order valence-electron chi connectivity index (χ2n) is 23.3. The van der Waals surface area contributed by atoms with Crippen LogP contribution < -0.4 is 18.1 Å². The van der Waals surface area contributed by atoms with Crippen LogP contribution in [-0.4, -0.2) is 0 Å². The van der Waals surface area contributed by atoms with E-state index >= 15 is 4.57 Å². The Kier molecular flexibility index (Phi) is 16.7. The Hall–Kier alpha value is -7.97. The summed E-state index contributed by atoms with van der Waals surface area (Å²) in [7, 11) is -8.12. The van der Waals surface area contributed by atoms with E-state index in [4.69, 9.17) is 22.6 Å². The fourth-order valence-electron chi connectivity index (χ4n) is 14.4. The van der Waals surface area contributed by atoms with Crippen LogP contribution in [0.4, 0.5) is 0 Å². The molecule has 2 aliphatic heterocycles. The van der Waals surface area contributed by atoms with Gasteiger partial charge in [-0.1, -0.05) is 225 Å². The quantitative estimate of drug-likeness (QED) is 0.0850. The van der Waals surface area contributed by atoms with Crippen LogP contribution in [0.3, 0.4) is 0 Å². The van der Waals surface area contributed by atoms with Gasteiger partial charge in [-0.25, -0.2) is 4.57 Å². The number of nitrogens with zero attached hydrogens (tertiary/aromatic N) is 1. The monoisotopic (exact) mass is 1290 g/mol. The van der Waals surface area contributed by atoms with Gasteiger partial charge in [-0.3, -0.25) is 0 Å². The van der Waals surface area contributed by atoms with E-state index in [1.54, 1.807) is 0 Å². The van der Waals surface area contributed by atoms with Gasteiger partial charge in [0.25, 0.3) is 0 Å². The van der Waals surface area contributed by atoms with Gasteiger partial charge in [-0.15, -0.1) is 4.52 Å². The van der Waals surface area contributed by atoms with Crippen LogP contribution in [0.1, 0.15) is 99.9 Å². The summed E-state index contributed by atoms with van der Waals surface area (Å²) in [6, 6.07) is 69.8. The van der Waals surface area contributed by atoms with Gasteiger partial charge in [0.15, 0.2) is 0 Å². The van der Waals surface area contributed by atoms with Crippen molar-refractivity contribution in [1.29, 1.82) is 0 Å². The Balaban J connectivity index is 0.00000729. The molecule has 9 heteroatoms. The van der Waals surface area contributed by atoms with Gasteiger partial charge in [0.1, 0.15) is 23.0 Å². The van der Waals surface area contributed by atoms with E-state index in [2.05, 4.69) is 250 Å². The molecular formula is C80H73MoNO5P2. The molecule has 12 aromatic carbocycles. The fourth-order valence-corrected chi connectivity index (χ4v) is 17.6. The van der Waals surface area contributed by atoms with Crippen LogP contribution in [-0.2, 0) is 77.0 Å². The first-order valence-electron chi connectivity index (χ1n) is 31.8. The third kappa shape index (κ3) is 10.2. The zero-order valence-corrected chi connectivity index (χ0v) is 55.9. The Morgan fingerprint density at radius 3 is 0.775 bits per heavy atom. The van der Waals surface area contributed by atoms with Crippen LogP contribution in [0, 0.1) is 0 Å². The van der Waals surface area contributed by atoms with Crippen molar-refractivity contribution in [2.75, 3.05) is 0 Å². The van der Waals surface area contributed by atoms with E-state index in [1.807, 2.05) is 0 Å². The second kappa shape index (κ2) is 24.8. The van der Waals surface area contributed by atoms with Gasteiger partial charge in [0.05, 0.1) is 0 Å². The first kappa shape index (κ1) is 60.0. The molecule has 89 heavy (non-hydrogen) atoms. The summed E-state index contributed by atoms with van der Waals surface area (Å²) < 4.78 is 54.5. The minimum absolute atomic E-state index is 0. The molecule has 0 fully saturated rings. The molecule has 444 valence electrons. The summed E-state index contributed by atoms with van der Waals surface area (Å²) in [4.78, 5) is 0. The molecule has 0 aromatic heterocycles. The minimum atomic E-state index is -4.89. The van der Waals surface area contributed by atoms with Gasteiger partial charge >= 0.3 is 15.9 Å². The third-order valence-corrected chi connectivity index (χ3v) is 21.8. The molecule has 2 aliphatic rings. The normalized spacial score (nSPS) is 13.2. The van der Waals surface area contributed by atoms with Crippen LogP contribution in [0.2, 0.25) is 0 Å². The Morgan fingerprint density at radius 2 is 0.528 bits per heavy atom. The summed E-state index contributed by atoms with van der Waals surface area (Å²) in [5, 5.41) is 8.10. The number of benzene rings is 12. The first-order valence-corrected chi connectivity index (χ1v) is 34.5. The number of hydrogen-bond donors (Lipinski definition) is 0. The number of rotatable bonds is 13. The maximum Gasteiger partial charge on any atom is 0.567 e. The summed E-state index contributed by atoms with van der Waals surface area (Å²) in [6.45, 7) is 17.7. The van der Waals surface area contributed by atoms with Crippen LogP contribution in [0.5, 0.6) is 23.0 Å². The first-order chi connectivity index (χ1) is 43.1. The number of hydrogen-bond acceptors (Lipinski definition) is 5. The predicted molar refractivity (Wildman–Crippen MR) is 371 cm³/mol. The molecule has 0 atom stereocenters. The maximum atomic E-state index is 17.8. The molecule has 0 amide bonds. The van der Waals surface area contributed by atoms with Crippen molar-refractivity contribution in [1.82, 2.24) is 0 Å². The molecule has 0 saturated carbocycles. The van der Waals surface area contributed by atoms with Crippen molar-refractivity contribution < 1.29 is 43.7 Å². The Bertz CT molecular complexity index is 4520. The number of aryl methyl sites for hydroxylation is 8. The SMILES string of the molecule is CCc1cccc(CC)c1-c1cc2ccccc2c2c1O[PH](=NP1(=O)Oc3c(-c4c(CC)cccc4CC)cc4ccccc4c3-c3c(c(-c4c(CC)cccc4CC)cc4ccccc34)O1)Oc1c(-c3c(CC)cccc3CC)cc3ccccc3c1-2.[Mo]. The molecule has 12 aromatic rings. The Morgan fingerprint density at radius 1 is 0.303 bits per heavy atom. The third-order valence-electron chi connectivity index (χ3n) is 18.6. The summed E-state index contributed by atoms with van der Waals surface area (Å²) in [5.74, 6) is 2.15. The Labute approximate surface area is 538 Å². The molecule has 0 saturated heterocycles. The largest absolute Gasteiger partial charge is 0.567 e. The molecular weight excluding hydrogens is 1210 g/mol. The van der Waals surface area contributed by atoms with Crippen LogP contribution in [0.15, 0.2) is 199 Å². The zero-order chi connectivity index (χ0) is 60.4. The van der Waals surface area contributed by atoms with Crippen molar-refractivity contribution >= 4 is 59.0 Å². The van der Waals surface area contributed by atoms with Gasteiger partial charge in [0, 0.05) is 65.6 Å². The summed E-state index contributed by atoms with van der Waals surface area (Å²) in [5.41, 5.74) is 20.8. The zero-order valence-electron chi connectivity index (χ0n) is 52.0. The molecule has 0 bridgehead atoms. The van der Waals surface area contributed by atoms with Crippen molar-refractivity contribution in [3.63, 3.8) is 0 Å². The van der Waals surface area contributed by atoms with E-state index in [-0.39, 0.29) is 21.1 Å². The summed E-state index contributed by atoms with van der Waals surface area (Å²) >= 11 is 0. The van der Waals surface area contributed by atoms with Crippen molar-refractivity contribution in [3.8, 4) is 89.8 Å². The predicted octanol–water partition coefficient (Wildman–Crippen LogP) is 23.4. The van der Waals surface area contributed by atoms with Gasteiger partial charge < -0.3 is 18.1 Å². The van der Waals surface area contributed by atoms with Gasteiger partial charge in [-0.05, 0) is 185 Å². The van der Waals surface area contributed by atoms with E-state index < -0.39 is 15.9 Å². The molecule has 0 spiro atoms. The molecule has 0 radical (unpaired) electrons. The summed E-state index contributed by atoms with van der Waals surface area (Å²) in [6.07, 6.45) is 6.26. The van der Waals surface area contributed by atoms with Crippen molar-refractivity contribution in [2.45, 2.75) is 107 Å². The molecule has 14 rings (SSSR count). The smallest absolute Gasteiger partial charge is 0.430 e. The molecule has 0 N–H and O–H groups in total. The molecule has 2 heterocycles.